The minimum absolute atomic E-state index is 0.198. The number of hydrogen-bond donors (Lipinski definition) is 2. The monoisotopic (exact) mass is 370 g/mol. The Bertz CT molecular complexity index is 727. The highest BCUT2D eigenvalue weighted by Crippen LogP contribution is 2.43. The number of carbonyl (C=O) groups excluding carboxylic acids is 1. The molecule has 1 aromatic carbocycles. The van der Waals surface area contributed by atoms with Crippen LogP contribution in [0.3, 0.4) is 0 Å². The van der Waals surface area contributed by atoms with Crippen LogP contribution in [0.4, 0.5) is 10.6 Å². The van der Waals surface area contributed by atoms with E-state index in [0.29, 0.717) is 27.4 Å². The fourth-order valence-corrected chi connectivity index (χ4v) is 2.39. The van der Waals surface area contributed by atoms with E-state index in [1.807, 2.05) is 0 Å². The van der Waals surface area contributed by atoms with Crippen LogP contribution in [0.1, 0.15) is 6.92 Å². The largest absolute Gasteiger partial charge is 0.509 e. The van der Waals surface area contributed by atoms with Crippen LogP contribution in [0, 0.1) is 0 Å². The number of nitrogens with one attached hydrogen (secondary N) is 3. The van der Waals surface area contributed by atoms with Gasteiger partial charge in [0.15, 0.2) is 11.5 Å². The normalized spacial score (nSPS) is 14.1. The van der Waals surface area contributed by atoms with Crippen LogP contribution in [0.15, 0.2) is 36.5 Å². The summed E-state index contributed by atoms with van der Waals surface area (Å²) >= 11 is 12.0. The molecule has 0 radical (unpaired) electrons. The van der Waals surface area contributed by atoms with Crippen LogP contribution in [0.5, 0.6) is 11.5 Å². The Kier molecular flexibility index (Phi) is 4.55. The predicted molar refractivity (Wildman–Crippen MR) is 87.2 cm³/mol. The van der Waals surface area contributed by atoms with Crippen LogP contribution < -0.4 is 25.1 Å². The molecule has 1 aromatic heterocycles. The number of pyridine rings is 1. The minimum Gasteiger partial charge on any atom is -0.450 e. The maximum atomic E-state index is 11.9. The van der Waals surface area contributed by atoms with Gasteiger partial charge in [0.2, 0.25) is 0 Å². The van der Waals surface area contributed by atoms with Crippen molar-refractivity contribution < 1.29 is 24.0 Å². The van der Waals surface area contributed by atoms with E-state index in [2.05, 4.69) is 15.6 Å². The van der Waals surface area contributed by atoms with Crippen molar-refractivity contribution in [3.63, 3.8) is 0 Å². The third kappa shape index (κ3) is 3.42. The van der Waals surface area contributed by atoms with Crippen LogP contribution in [-0.2, 0) is 4.74 Å². The number of ether oxygens (including phenoxy) is 3. The summed E-state index contributed by atoms with van der Waals surface area (Å²) in [5.41, 5.74) is 0. The zero-order valence-corrected chi connectivity index (χ0v) is 14.1. The summed E-state index contributed by atoms with van der Waals surface area (Å²) in [7, 11) is 0. The Balaban J connectivity index is 1.91. The number of halogens is 2. The third-order valence-corrected chi connectivity index (χ3v) is 3.77. The Morgan fingerprint density at radius 2 is 1.92 bits per heavy atom. The molecule has 2 heterocycles. The zero-order chi connectivity index (χ0) is 17.2. The first-order chi connectivity index (χ1) is 11.5. The molecule has 0 unspecified atom stereocenters. The summed E-state index contributed by atoms with van der Waals surface area (Å²) in [4.78, 5) is 14.8. The van der Waals surface area contributed by atoms with Gasteiger partial charge in [0, 0.05) is 18.2 Å². The van der Waals surface area contributed by atoms with Crippen molar-refractivity contribution in [1.82, 2.24) is 5.32 Å². The quantitative estimate of drug-likeness (QED) is 0.808. The number of fused-ring (bicyclic) bond motifs is 1. The fourth-order valence-electron chi connectivity index (χ4n) is 2.08. The predicted octanol–water partition coefficient (Wildman–Crippen LogP) is 3.05. The lowest BCUT2D eigenvalue weighted by molar-refractivity contribution is -0.363. The minimum atomic E-state index is -1.71. The SMILES string of the molecule is CCOC(=O)NC1(Nc2cccc[nH+]2)Oc2cc(Cl)c(Cl)cc2O1. The van der Waals surface area contributed by atoms with E-state index in [0.717, 1.165) is 0 Å². The van der Waals surface area contributed by atoms with E-state index in [4.69, 9.17) is 37.4 Å². The van der Waals surface area contributed by atoms with Gasteiger partial charge in [0.05, 0.1) is 22.8 Å². The van der Waals surface area contributed by atoms with E-state index in [1.165, 1.54) is 12.1 Å². The van der Waals surface area contributed by atoms with Crippen LogP contribution in [0.25, 0.3) is 0 Å². The Morgan fingerprint density at radius 1 is 1.25 bits per heavy atom. The molecular weight excluding hydrogens is 357 g/mol. The lowest BCUT2D eigenvalue weighted by atomic mass is 10.3. The van der Waals surface area contributed by atoms with Crippen molar-refractivity contribution in [3.8, 4) is 11.5 Å². The molecular formula is C15H14Cl2N3O4+. The molecule has 9 heteroatoms. The Hall–Kier alpha value is -2.38. The van der Waals surface area contributed by atoms with E-state index >= 15 is 0 Å². The molecule has 1 aliphatic rings. The van der Waals surface area contributed by atoms with Gasteiger partial charge in [-0.1, -0.05) is 29.3 Å². The summed E-state index contributed by atoms with van der Waals surface area (Å²) in [6.45, 7) is 1.89. The molecule has 0 spiro atoms. The molecule has 0 fully saturated rings. The van der Waals surface area contributed by atoms with Crippen molar-refractivity contribution in [1.29, 1.82) is 0 Å². The van der Waals surface area contributed by atoms with Gasteiger partial charge in [-0.15, -0.1) is 0 Å². The molecule has 3 rings (SSSR count). The molecule has 1 aliphatic heterocycles. The molecule has 0 aliphatic carbocycles. The number of hydrogen-bond acceptors (Lipinski definition) is 5. The summed E-state index contributed by atoms with van der Waals surface area (Å²) in [5.74, 6) is 1.19. The Labute approximate surface area is 147 Å². The van der Waals surface area contributed by atoms with Gasteiger partial charge < -0.3 is 14.2 Å². The highest BCUT2D eigenvalue weighted by atomic mass is 35.5. The highest BCUT2D eigenvalue weighted by molar-refractivity contribution is 6.42. The smallest absolute Gasteiger partial charge is 0.450 e. The van der Waals surface area contributed by atoms with Gasteiger partial charge in [0.25, 0.3) is 5.82 Å². The number of alkyl carbamates (subject to hydrolysis) is 1. The van der Waals surface area contributed by atoms with E-state index in [1.54, 1.807) is 31.3 Å². The first kappa shape index (κ1) is 16.5. The number of aromatic amines is 1. The fraction of sp³-hybridized carbons (Fsp3) is 0.200. The molecule has 2 aromatic rings. The maximum Gasteiger partial charge on any atom is 0.509 e. The number of H-pyrrole nitrogens is 1. The molecule has 0 saturated heterocycles. The van der Waals surface area contributed by atoms with Crippen LogP contribution in [-0.4, -0.2) is 18.7 Å². The molecule has 7 nitrogen and oxygen atoms in total. The number of amides is 1. The third-order valence-electron chi connectivity index (χ3n) is 3.04. The van der Waals surface area contributed by atoms with E-state index < -0.39 is 12.1 Å². The second kappa shape index (κ2) is 6.62. The van der Waals surface area contributed by atoms with Crippen molar-refractivity contribution in [2.45, 2.75) is 13.0 Å². The van der Waals surface area contributed by atoms with Gasteiger partial charge in [-0.25, -0.2) is 15.1 Å². The average molecular weight is 371 g/mol. The molecule has 126 valence electrons. The van der Waals surface area contributed by atoms with Crippen molar-refractivity contribution in [2.24, 2.45) is 0 Å². The summed E-state index contributed by atoms with van der Waals surface area (Å²) in [6, 6.07) is 6.65. The molecule has 0 saturated carbocycles. The first-order valence-electron chi connectivity index (χ1n) is 7.08. The maximum absolute atomic E-state index is 11.9. The number of anilines is 1. The van der Waals surface area contributed by atoms with E-state index in [9.17, 15) is 4.79 Å². The second-order valence-electron chi connectivity index (χ2n) is 4.78. The first-order valence-corrected chi connectivity index (χ1v) is 7.84. The molecule has 24 heavy (non-hydrogen) atoms. The van der Waals surface area contributed by atoms with Crippen molar-refractivity contribution in [2.75, 3.05) is 11.9 Å². The number of carbonyl (C=O) groups is 1. The molecule has 3 N–H and O–H groups in total. The summed E-state index contributed by atoms with van der Waals surface area (Å²) < 4.78 is 16.4. The number of aromatic nitrogens is 1. The van der Waals surface area contributed by atoms with Gasteiger partial charge in [-0.3, -0.25) is 0 Å². The second-order valence-corrected chi connectivity index (χ2v) is 5.59. The van der Waals surface area contributed by atoms with Gasteiger partial charge in [-0.2, -0.15) is 5.32 Å². The van der Waals surface area contributed by atoms with Crippen LogP contribution in [0.2, 0.25) is 10.0 Å². The lowest BCUT2D eigenvalue weighted by Crippen LogP contribution is -2.61. The van der Waals surface area contributed by atoms with Crippen LogP contribution >= 0.6 is 23.2 Å². The zero-order valence-electron chi connectivity index (χ0n) is 12.6. The Morgan fingerprint density at radius 3 is 2.46 bits per heavy atom. The number of rotatable bonds is 4. The van der Waals surface area contributed by atoms with Crippen molar-refractivity contribution in [3.05, 3.63) is 46.6 Å². The standard InChI is InChI=1S/C15H13Cl2N3O4/c1-2-22-14(21)20-15(19-13-5-3-4-6-18-13)23-11-7-9(16)10(17)8-12(11)24-15/h3-8H,2H2,1H3,(H,18,19)(H,20,21)/p+1. The van der Waals surface area contributed by atoms with Gasteiger partial charge >= 0.3 is 12.1 Å². The molecule has 0 atom stereocenters. The highest BCUT2D eigenvalue weighted by Gasteiger charge is 2.50. The molecule has 1 amide bonds. The van der Waals surface area contributed by atoms with Gasteiger partial charge in [-0.05, 0) is 13.0 Å². The summed E-state index contributed by atoms with van der Waals surface area (Å²) in [5, 5.41) is 6.04. The summed E-state index contributed by atoms with van der Waals surface area (Å²) in [6.07, 6.45) is 0.988. The van der Waals surface area contributed by atoms with Gasteiger partial charge in [0.1, 0.15) is 0 Å². The molecule has 0 bridgehead atoms. The van der Waals surface area contributed by atoms with E-state index in [-0.39, 0.29) is 6.61 Å². The lowest BCUT2D eigenvalue weighted by Gasteiger charge is -2.23. The average Bonchev–Trinajstić information content (AvgIpc) is 2.85. The topological polar surface area (TPSA) is 83.0 Å². The number of benzene rings is 1. The van der Waals surface area contributed by atoms with Crippen molar-refractivity contribution >= 4 is 35.1 Å².